The van der Waals surface area contributed by atoms with Crippen LogP contribution >= 0.6 is 0 Å². The van der Waals surface area contributed by atoms with Gasteiger partial charge in [0.1, 0.15) is 5.82 Å². The molecule has 1 aliphatic rings. The van der Waals surface area contributed by atoms with Crippen LogP contribution in [0.4, 0.5) is 14.9 Å². The molecule has 0 spiro atoms. The van der Waals surface area contributed by atoms with Gasteiger partial charge in [-0.25, -0.2) is 14.0 Å². The number of likely N-dealkylation sites (N-methyl/N-ethyl adjacent to an activating group) is 1. The third kappa shape index (κ3) is 4.31. The molecule has 1 N–H and O–H groups in total. The molecular formula is C21H24FN3O3. The first-order valence-electron chi connectivity index (χ1n) is 9.19. The number of nitrogens with zero attached hydrogens (tertiary/aromatic N) is 3. The number of amides is 2. The highest BCUT2D eigenvalue weighted by molar-refractivity contribution is 5.93. The van der Waals surface area contributed by atoms with Crippen LogP contribution in [0.5, 0.6) is 0 Å². The van der Waals surface area contributed by atoms with Crippen molar-refractivity contribution in [2.75, 3.05) is 38.1 Å². The fraction of sp³-hybridized carbons (Fsp3) is 0.333. The van der Waals surface area contributed by atoms with Crippen molar-refractivity contribution in [2.45, 2.75) is 13.5 Å². The summed E-state index contributed by atoms with van der Waals surface area (Å²) in [5, 5.41) is 9.03. The van der Waals surface area contributed by atoms with E-state index >= 15 is 0 Å². The van der Waals surface area contributed by atoms with E-state index in [1.807, 2.05) is 38.2 Å². The summed E-state index contributed by atoms with van der Waals surface area (Å²) in [6.07, 6.45) is 0. The number of hydrogen-bond acceptors (Lipinski definition) is 3. The summed E-state index contributed by atoms with van der Waals surface area (Å²) in [6, 6.07) is 11.1. The topological polar surface area (TPSA) is 64.1 Å². The number of benzene rings is 2. The average molecular weight is 385 g/mol. The predicted octanol–water partition coefficient (Wildman–Crippen LogP) is 3.21. The summed E-state index contributed by atoms with van der Waals surface area (Å²) in [5.74, 6) is -1.82. The highest BCUT2D eigenvalue weighted by Crippen LogP contribution is 2.25. The zero-order chi connectivity index (χ0) is 20.3. The van der Waals surface area contributed by atoms with Crippen LogP contribution in [0.1, 0.15) is 21.5 Å². The lowest BCUT2D eigenvalue weighted by molar-refractivity contribution is 0.0696. The molecule has 0 aliphatic carbocycles. The summed E-state index contributed by atoms with van der Waals surface area (Å²) in [7, 11) is 2.01. The quantitative estimate of drug-likeness (QED) is 0.878. The number of para-hydroxylation sites is 1. The maximum Gasteiger partial charge on any atom is 0.335 e. The highest BCUT2D eigenvalue weighted by atomic mass is 19.1. The number of carbonyl (C=O) groups excluding carboxylic acids is 1. The third-order valence-corrected chi connectivity index (χ3v) is 5.04. The number of carboxylic acids is 1. The van der Waals surface area contributed by atoms with E-state index in [0.29, 0.717) is 18.8 Å². The van der Waals surface area contributed by atoms with E-state index in [-0.39, 0.29) is 23.7 Å². The molecule has 1 heterocycles. The molecule has 2 amide bonds. The van der Waals surface area contributed by atoms with Crippen LogP contribution in [-0.2, 0) is 6.54 Å². The number of aryl methyl sites for hydroxylation is 1. The molecule has 2 aromatic rings. The number of carboxylic acid groups (broad SMARTS) is 1. The number of urea groups is 1. The van der Waals surface area contributed by atoms with Crippen LogP contribution in [0.2, 0.25) is 0 Å². The van der Waals surface area contributed by atoms with E-state index in [9.17, 15) is 14.0 Å². The monoisotopic (exact) mass is 385 g/mol. The molecule has 2 aromatic carbocycles. The molecule has 1 aliphatic heterocycles. The summed E-state index contributed by atoms with van der Waals surface area (Å²) in [4.78, 5) is 29.8. The Morgan fingerprint density at radius 3 is 2.39 bits per heavy atom. The Bertz CT molecular complexity index is 879. The van der Waals surface area contributed by atoms with Gasteiger partial charge in [0, 0.05) is 37.4 Å². The minimum atomic E-state index is -1.19. The maximum absolute atomic E-state index is 14.5. The molecular weight excluding hydrogens is 361 g/mol. The first-order chi connectivity index (χ1) is 13.4. The van der Waals surface area contributed by atoms with Crippen molar-refractivity contribution < 1.29 is 19.1 Å². The van der Waals surface area contributed by atoms with Crippen molar-refractivity contribution in [2.24, 2.45) is 0 Å². The largest absolute Gasteiger partial charge is 0.478 e. The first-order valence-corrected chi connectivity index (χ1v) is 9.19. The van der Waals surface area contributed by atoms with Crippen molar-refractivity contribution in [1.29, 1.82) is 0 Å². The van der Waals surface area contributed by atoms with Gasteiger partial charge in [0.25, 0.3) is 0 Å². The molecule has 1 fully saturated rings. The molecule has 28 heavy (non-hydrogen) atoms. The van der Waals surface area contributed by atoms with Gasteiger partial charge in [0.15, 0.2) is 0 Å². The molecule has 148 valence electrons. The number of piperazine rings is 1. The average Bonchev–Trinajstić information content (AvgIpc) is 2.68. The second kappa shape index (κ2) is 8.39. The zero-order valence-electron chi connectivity index (χ0n) is 16.1. The van der Waals surface area contributed by atoms with E-state index in [0.717, 1.165) is 24.7 Å². The van der Waals surface area contributed by atoms with Crippen molar-refractivity contribution in [3.63, 3.8) is 0 Å². The van der Waals surface area contributed by atoms with Gasteiger partial charge < -0.3 is 14.9 Å². The van der Waals surface area contributed by atoms with Gasteiger partial charge in [-0.3, -0.25) is 4.90 Å². The normalized spacial score (nSPS) is 14.8. The molecule has 6 nitrogen and oxygen atoms in total. The standard InChI is InChI=1S/C21H24FN3O3/c1-15-5-3-4-6-19(15)25(21(28)24-11-9-23(2)10-12-24)14-17-8-7-16(20(26)27)13-18(17)22/h3-8,13H,9-12,14H2,1-2H3,(H,26,27). The van der Waals surface area contributed by atoms with Gasteiger partial charge in [0.2, 0.25) is 0 Å². The van der Waals surface area contributed by atoms with Crippen LogP contribution in [-0.4, -0.2) is 60.1 Å². The number of aromatic carboxylic acids is 1. The Balaban J connectivity index is 1.92. The van der Waals surface area contributed by atoms with Crippen LogP contribution in [0.15, 0.2) is 42.5 Å². The number of anilines is 1. The molecule has 1 saturated heterocycles. The molecule has 7 heteroatoms. The van der Waals surface area contributed by atoms with Crippen LogP contribution < -0.4 is 4.90 Å². The number of halogens is 1. The Labute approximate surface area is 163 Å². The molecule has 0 aromatic heterocycles. The summed E-state index contributed by atoms with van der Waals surface area (Å²) >= 11 is 0. The zero-order valence-corrected chi connectivity index (χ0v) is 16.1. The summed E-state index contributed by atoms with van der Waals surface area (Å²) in [5.41, 5.74) is 1.78. The Morgan fingerprint density at radius 2 is 1.79 bits per heavy atom. The molecule has 0 saturated carbocycles. The van der Waals surface area contributed by atoms with E-state index in [1.165, 1.54) is 12.1 Å². The lowest BCUT2D eigenvalue weighted by Crippen LogP contribution is -2.52. The highest BCUT2D eigenvalue weighted by Gasteiger charge is 2.27. The number of carbonyl (C=O) groups is 2. The minimum absolute atomic E-state index is 0.0295. The van der Waals surface area contributed by atoms with Gasteiger partial charge in [-0.2, -0.15) is 0 Å². The minimum Gasteiger partial charge on any atom is -0.478 e. The van der Waals surface area contributed by atoms with Crippen LogP contribution in [0.3, 0.4) is 0 Å². The van der Waals surface area contributed by atoms with E-state index < -0.39 is 11.8 Å². The molecule has 0 atom stereocenters. The van der Waals surface area contributed by atoms with Crippen LogP contribution in [0, 0.1) is 12.7 Å². The van der Waals surface area contributed by atoms with Gasteiger partial charge >= 0.3 is 12.0 Å². The van der Waals surface area contributed by atoms with Crippen LogP contribution in [0.25, 0.3) is 0 Å². The van der Waals surface area contributed by atoms with E-state index in [2.05, 4.69) is 4.90 Å². The lowest BCUT2D eigenvalue weighted by atomic mass is 10.1. The lowest BCUT2D eigenvalue weighted by Gasteiger charge is -2.36. The SMILES string of the molecule is Cc1ccccc1N(Cc1ccc(C(=O)O)cc1F)C(=O)N1CCN(C)CC1. The van der Waals surface area contributed by atoms with Crippen molar-refractivity contribution in [1.82, 2.24) is 9.80 Å². The van der Waals surface area contributed by atoms with Gasteiger partial charge in [-0.15, -0.1) is 0 Å². The Kier molecular flexibility index (Phi) is 5.94. The van der Waals surface area contributed by atoms with Crippen molar-refractivity contribution in [3.8, 4) is 0 Å². The van der Waals surface area contributed by atoms with Gasteiger partial charge in [-0.1, -0.05) is 24.3 Å². The third-order valence-electron chi connectivity index (χ3n) is 5.04. The fourth-order valence-corrected chi connectivity index (χ4v) is 3.27. The van der Waals surface area contributed by atoms with Gasteiger partial charge in [0.05, 0.1) is 12.1 Å². The van der Waals surface area contributed by atoms with Gasteiger partial charge in [-0.05, 0) is 37.7 Å². The second-order valence-corrected chi connectivity index (χ2v) is 7.06. The van der Waals surface area contributed by atoms with E-state index in [1.54, 1.807) is 9.80 Å². The maximum atomic E-state index is 14.5. The fourth-order valence-electron chi connectivity index (χ4n) is 3.27. The smallest absolute Gasteiger partial charge is 0.335 e. The summed E-state index contributed by atoms with van der Waals surface area (Å²) < 4.78 is 14.5. The van der Waals surface area contributed by atoms with Crippen molar-refractivity contribution >= 4 is 17.7 Å². The van der Waals surface area contributed by atoms with Crippen molar-refractivity contribution in [3.05, 3.63) is 65.0 Å². The molecule has 3 rings (SSSR count). The summed E-state index contributed by atoms with van der Waals surface area (Å²) in [6.45, 7) is 4.73. The molecule has 0 bridgehead atoms. The predicted molar refractivity (Wildman–Crippen MR) is 105 cm³/mol. The first kappa shape index (κ1) is 19.8. The molecule has 0 unspecified atom stereocenters. The second-order valence-electron chi connectivity index (χ2n) is 7.06. The van der Waals surface area contributed by atoms with E-state index in [4.69, 9.17) is 5.11 Å². The number of rotatable bonds is 4. The Hall–Kier alpha value is -2.93. The Morgan fingerprint density at radius 1 is 1.11 bits per heavy atom. The molecule has 0 radical (unpaired) electrons. The number of hydrogen-bond donors (Lipinski definition) is 1.